The van der Waals surface area contributed by atoms with Gasteiger partial charge in [0.15, 0.2) is 0 Å². The first-order valence-corrected chi connectivity index (χ1v) is 8.17. The molecule has 0 spiro atoms. The van der Waals surface area contributed by atoms with Gasteiger partial charge >= 0.3 is 6.09 Å². The predicted octanol–water partition coefficient (Wildman–Crippen LogP) is 3.28. The standard InChI is InChI=1S/C18H17ClFN3O3/c19-16-11-15(20)7-5-14(16)6-8-17(24)22-23-18(25)26-10-2-4-13-3-1-9-21-12-13/h1,3,5-9,11-12H,2,4,10H2,(H,22,24)(H,23,25). The van der Waals surface area contributed by atoms with Crippen LogP contribution in [0.1, 0.15) is 17.5 Å². The van der Waals surface area contributed by atoms with Gasteiger partial charge in [0.25, 0.3) is 5.91 Å². The normalized spacial score (nSPS) is 10.5. The van der Waals surface area contributed by atoms with E-state index >= 15 is 0 Å². The van der Waals surface area contributed by atoms with Crippen LogP contribution in [0.25, 0.3) is 6.08 Å². The number of aromatic nitrogens is 1. The van der Waals surface area contributed by atoms with Gasteiger partial charge in [-0.05, 0) is 48.2 Å². The lowest BCUT2D eigenvalue weighted by Crippen LogP contribution is -2.41. The molecule has 0 fully saturated rings. The average Bonchev–Trinajstić information content (AvgIpc) is 2.63. The number of carbonyl (C=O) groups is 2. The molecule has 2 aromatic rings. The summed E-state index contributed by atoms with van der Waals surface area (Å²) >= 11 is 5.84. The van der Waals surface area contributed by atoms with E-state index < -0.39 is 17.8 Å². The highest BCUT2D eigenvalue weighted by Crippen LogP contribution is 2.18. The van der Waals surface area contributed by atoms with E-state index in [2.05, 4.69) is 15.8 Å². The predicted molar refractivity (Wildman–Crippen MR) is 95.6 cm³/mol. The summed E-state index contributed by atoms with van der Waals surface area (Å²) in [5.41, 5.74) is 5.81. The molecule has 26 heavy (non-hydrogen) atoms. The fraction of sp³-hybridized carbons (Fsp3) is 0.167. The minimum atomic E-state index is -0.766. The molecular weight excluding hydrogens is 361 g/mol. The van der Waals surface area contributed by atoms with E-state index in [1.54, 1.807) is 12.4 Å². The van der Waals surface area contributed by atoms with E-state index in [-0.39, 0.29) is 11.6 Å². The van der Waals surface area contributed by atoms with Crippen molar-refractivity contribution in [1.29, 1.82) is 0 Å². The zero-order chi connectivity index (χ0) is 18.8. The molecule has 8 heteroatoms. The molecule has 0 atom stereocenters. The molecule has 0 unspecified atom stereocenters. The molecule has 1 heterocycles. The summed E-state index contributed by atoms with van der Waals surface area (Å²) in [4.78, 5) is 27.1. The van der Waals surface area contributed by atoms with Gasteiger partial charge in [-0.1, -0.05) is 23.7 Å². The number of hydrogen-bond donors (Lipinski definition) is 2. The fourth-order valence-electron chi connectivity index (χ4n) is 1.98. The average molecular weight is 378 g/mol. The van der Waals surface area contributed by atoms with Crippen LogP contribution in [0.3, 0.4) is 0 Å². The Morgan fingerprint density at radius 3 is 2.85 bits per heavy atom. The molecule has 0 saturated heterocycles. The monoisotopic (exact) mass is 377 g/mol. The number of nitrogens with one attached hydrogen (secondary N) is 2. The van der Waals surface area contributed by atoms with E-state index in [1.165, 1.54) is 18.2 Å². The smallest absolute Gasteiger partial charge is 0.426 e. The number of ether oxygens (including phenoxy) is 1. The Hall–Kier alpha value is -2.93. The number of carbonyl (C=O) groups excluding carboxylic acids is 2. The molecule has 0 aliphatic carbocycles. The highest BCUT2D eigenvalue weighted by atomic mass is 35.5. The molecule has 136 valence electrons. The molecule has 0 aliphatic rings. The minimum absolute atomic E-state index is 0.176. The van der Waals surface area contributed by atoms with Crippen molar-refractivity contribution in [3.63, 3.8) is 0 Å². The van der Waals surface area contributed by atoms with Crippen LogP contribution >= 0.6 is 11.6 Å². The number of nitrogens with zero attached hydrogens (tertiary/aromatic N) is 1. The van der Waals surface area contributed by atoms with Crippen LogP contribution in [0.4, 0.5) is 9.18 Å². The van der Waals surface area contributed by atoms with E-state index in [4.69, 9.17) is 16.3 Å². The Morgan fingerprint density at radius 1 is 1.27 bits per heavy atom. The van der Waals surface area contributed by atoms with Crippen LogP contribution < -0.4 is 10.9 Å². The third-order valence-electron chi connectivity index (χ3n) is 3.23. The van der Waals surface area contributed by atoms with Gasteiger partial charge in [-0.15, -0.1) is 0 Å². The van der Waals surface area contributed by atoms with Gasteiger partial charge in [0.1, 0.15) is 5.82 Å². The van der Waals surface area contributed by atoms with Gasteiger partial charge in [0, 0.05) is 18.5 Å². The summed E-state index contributed by atoms with van der Waals surface area (Å²) in [6, 6.07) is 7.58. The largest absolute Gasteiger partial charge is 0.448 e. The number of halogens is 2. The summed E-state index contributed by atoms with van der Waals surface area (Å²) in [5, 5.41) is 0.176. The molecule has 2 rings (SSSR count). The van der Waals surface area contributed by atoms with Crippen LogP contribution in [0, 0.1) is 5.82 Å². The maximum Gasteiger partial charge on any atom is 0.426 e. The Morgan fingerprint density at radius 2 is 2.12 bits per heavy atom. The van der Waals surface area contributed by atoms with Crippen molar-refractivity contribution < 1.29 is 18.7 Å². The quantitative estimate of drug-likeness (QED) is 0.460. The van der Waals surface area contributed by atoms with Crippen molar-refractivity contribution in [3.8, 4) is 0 Å². The lowest BCUT2D eigenvalue weighted by atomic mass is 10.2. The Bertz CT molecular complexity index is 785. The number of benzene rings is 1. The molecule has 0 saturated carbocycles. The van der Waals surface area contributed by atoms with Crippen molar-refractivity contribution >= 4 is 29.7 Å². The van der Waals surface area contributed by atoms with Gasteiger partial charge in [-0.3, -0.25) is 15.2 Å². The number of aryl methyl sites for hydroxylation is 1. The lowest BCUT2D eigenvalue weighted by molar-refractivity contribution is -0.117. The minimum Gasteiger partial charge on any atom is -0.448 e. The van der Waals surface area contributed by atoms with Crippen molar-refractivity contribution in [2.45, 2.75) is 12.8 Å². The first-order valence-electron chi connectivity index (χ1n) is 7.79. The second-order valence-electron chi connectivity index (χ2n) is 5.21. The van der Waals surface area contributed by atoms with E-state index in [1.807, 2.05) is 12.1 Å². The zero-order valence-electron chi connectivity index (χ0n) is 13.7. The number of amides is 2. The van der Waals surface area contributed by atoms with Crippen LogP contribution in [0.2, 0.25) is 5.02 Å². The Labute approximate surface area is 155 Å². The van der Waals surface area contributed by atoms with Crippen LogP contribution in [0.5, 0.6) is 0 Å². The fourth-order valence-corrected chi connectivity index (χ4v) is 2.21. The molecule has 0 bridgehead atoms. The first-order chi connectivity index (χ1) is 12.5. The zero-order valence-corrected chi connectivity index (χ0v) is 14.5. The Kier molecular flexibility index (Phi) is 7.57. The summed E-state index contributed by atoms with van der Waals surface area (Å²) in [5.74, 6) is -1.05. The molecule has 1 aromatic heterocycles. The number of hydrogen-bond acceptors (Lipinski definition) is 4. The highest BCUT2D eigenvalue weighted by Gasteiger charge is 2.04. The highest BCUT2D eigenvalue weighted by molar-refractivity contribution is 6.32. The van der Waals surface area contributed by atoms with E-state index in [0.717, 1.165) is 24.1 Å². The lowest BCUT2D eigenvalue weighted by Gasteiger charge is -2.07. The molecule has 6 nitrogen and oxygen atoms in total. The van der Waals surface area contributed by atoms with Gasteiger partial charge in [0.2, 0.25) is 0 Å². The van der Waals surface area contributed by atoms with Gasteiger partial charge in [0.05, 0.1) is 11.6 Å². The molecule has 2 N–H and O–H groups in total. The summed E-state index contributed by atoms with van der Waals surface area (Å²) in [6.45, 7) is 0.206. The van der Waals surface area contributed by atoms with Crippen molar-refractivity contribution in [3.05, 3.63) is 70.8 Å². The number of hydrazine groups is 1. The van der Waals surface area contributed by atoms with Gasteiger partial charge < -0.3 is 4.74 Å². The third-order valence-corrected chi connectivity index (χ3v) is 3.56. The van der Waals surface area contributed by atoms with E-state index in [0.29, 0.717) is 12.0 Å². The van der Waals surface area contributed by atoms with Crippen LogP contribution in [0.15, 0.2) is 48.8 Å². The SMILES string of the molecule is O=C(C=Cc1ccc(F)cc1Cl)NNC(=O)OCCCc1cccnc1. The number of pyridine rings is 1. The summed E-state index contributed by atoms with van der Waals surface area (Å²) in [6.07, 6.45) is 6.59. The van der Waals surface area contributed by atoms with Gasteiger partial charge in [-0.2, -0.15) is 0 Å². The van der Waals surface area contributed by atoms with Gasteiger partial charge in [-0.25, -0.2) is 14.6 Å². The summed E-state index contributed by atoms with van der Waals surface area (Å²) < 4.78 is 17.9. The van der Waals surface area contributed by atoms with E-state index in [9.17, 15) is 14.0 Å². The first kappa shape index (κ1) is 19.4. The maximum absolute atomic E-state index is 12.9. The molecule has 1 aromatic carbocycles. The molecule has 0 radical (unpaired) electrons. The molecule has 0 aliphatic heterocycles. The second-order valence-corrected chi connectivity index (χ2v) is 5.62. The topological polar surface area (TPSA) is 80.3 Å². The number of rotatable bonds is 6. The second kappa shape index (κ2) is 10.1. The van der Waals surface area contributed by atoms with Crippen molar-refractivity contribution in [1.82, 2.24) is 15.8 Å². The molecular formula is C18H17ClFN3O3. The maximum atomic E-state index is 12.9. The van der Waals surface area contributed by atoms with Crippen molar-refractivity contribution in [2.75, 3.05) is 6.61 Å². The van der Waals surface area contributed by atoms with Crippen LogP contribution in [-0.2, 0) is 16.0 Å². The summed E-state index contributed by atoms with van der Waals surface area (Å²) in [7, 11) is 0. The molecule has 2 amide bonds. The third kappa shape index (κ3) is 6.90. The van der Waals surface area contributed by atoms with Crippen LogP contribution in [-0.4, -0.2) is 23.6 Å². The van der Waals surface area contributed by atoms with Crippen molar-refractivity contribution in [2.24, 2.45) is 0 Å². The Balaban J connectivity index is 1.65.